The Bertz CT molecular complexity index is 584. The minimum Gasteiger partial charge on any atom is -0.481 e. The minimum atomic E-state index is -0.533. The molecule has 2 rings (SSSR count). The van der Waals surface area contributed by atoms with Crippen LogP contribution in [0.15, 0.2) is 48.8 Å². The summed E-state index contributed by atoms with van der Waals surface area (Å²) >= 11 is 0. The van der Waals surface area contributed by atoms with E-state index < -0.39 is 6.10 Å². The van der Waals surface area contributed by atoms with Gasteiger partial charge in [0.15, 0.2) is 6.10 Å². The lowest BCUT2D eigenvalue weighted by Crippen LogP contribution is -2.36. The molecular formula is C17H20N2O2. The largest absolute Gasteiger partial charge is 0.481 e. The second-order valence-electron chi connectivity index (χ2n) is 4.80. The van der Waals surface area contributed by atoms with Crippen molar-refractivity contribution < 1.29 is 9.53 Å². The second-order valence-corrected chi connectivity index (χ2v) is 4.80. The third kappa shape index (κ3) is 4.31. The zero-order chi connectivity index (χ0) is 15.1. The number of carbonyl (C=O) groups excluding carboxylic acids is 1. The number of aromatic nitrogens is 1. The van der Waals surface area contributed by atoms with Gasteiger partial charge in [-0.3, -0.25) is 9.78 Å². The standard InChI is InChI=1S/C17H20N2O2/c1-3-15-8-4-5-9-16(15)21-13(2)17(20)19-12-14-7-6-10-18-11-14/h4-11,13H,3,12H2,1-2H3,(H,19,20). The van der Waals surface area contributed by atoms with E-state index in [4.69, 9.17) is 4.74 Å². The summed E-state index contributed by atoms with van der Waals surface area (Å²) in [6.07, 6.45) is 3.78. The van der Waals surface area contributed by atoms with E-state index >= 15 is 0 Å². The lowest BCUT2D eigenvalue weighted by molar-refractivity contribution is -0.127. The number of hydrogen-bond acceptors (Lipinski definition) is 3. The summed E-state index contributed by atoms with van der Waals surface area (Å²) in [5.41, 5.74) is 2.07. The molecule has 1 aromatic heterocycles. The number of amides is 1. The highest BCUT2D eigenvalue weighted by atomic mass is 16.5. The van der Waals surface area contributed by atoms with E-state index in [0.29, 0.717) is 6.54 Å². The number of pyridine rings is 1. The highest BCUT2D eigenvalue weighted by Crippen LogP contribution is 2.19. The van der Waals surface area contributed by atoms with E-state index in [1.54, 1.807) is 19.3 Å². The van der Waals surface area contributed by atoms with Gasteiger partial charge in [0.1, 0.15) is 5.75 Å². The number of hydrogen-bond donors (Lipinski definition) is 1. The van der Waals surface area contributed by atoms with Crippen LogP contribution in [0.25, 0.3) is 0 Å². The Balaban J connectivity index is 1.90. The number of carbonyl (C=O) groups is 1. The van der Waals surface area contributed by atoms with Crippen molar-refractivity contribution in [3.05, 3.63) is 59.9 Å². The molecule has 110 valence electrons. The fourth-order valence-corrected chi connectivity index (χ4v) is 1.99. The highest BCUT2D eigenvalue weighted by Gasteiger charge is 2.15. The van der Waals surface area contributed by atoms with Crippen molar-refractivity contribution >= 4 is 5.91 Å². The van der Waals surface area contributed by atoms with Crippen LogP contribution in [0.1, 0.15) is 25.0 Å². The van der Waals surface area contributed by atoms with Crippen molar-refractivity contribution in [3.8, 4) is 5.75 Å². The summed E-state index contributed by atoms with van der Waals surface area (Å²) in [6.45, 7) is 4.27. The molecule has 0 aliphatic carbocycles. The molecule has 1 atom stereocenters. The average Bonchev–Trinajstić information content (AvgIpc) is 2.54. The van der Waals surface area contributed by atoms with Crippen LogP contribution in [0.3, 0.4) is 0 Å². The first-order chi connectivity index (χ1) is 10.2. The molecule has 0 bridgehead atoms. The van der Waals surface area contributed by atoms with Gasteiger partial charge in [-0.2, -0.15) is 0 Å². The lowest BCUT2D eigenvalue weighted by Gasteiger charge is -2.16. The predicted molar refractivity (Wildman–Crippen MR) is 82.0 cm³/mol. The quantitative estimate of drug-likeness (QED) is 0.887. The molecule has 1 unspecified atom stereocenters. The molecule has 0 fully saturated rings. The first kappa shape index (κ1) is 15.0. The van der Waals surface area contributed by atoms with Crippen LogP contribution < -0.4 is 10.1 Å². The molecule has 1 heterocycles. The Labute approximate surface area is 125 Å². The predicted octanol–water partition coefficient (Wildman–Crippen LogP) is 2.73. The first-order valence-electron chi connectivity index (χ1n) is 7.12. The topological polar surface area (TPSA) is 51.2 Å². The van der Waals surface area contributed by atoms with Gasteiger partial charge in [-0.25, -0.2) is 0 Å². The third-order valence-corrected chi connectivity index (χ3v) is 3.22. The summed E-state index contributed by atoms with van der Waals surface area (Å²) in [5, 5.41) is 2.85. The van der Waals surface area contributed by atoms with Crippen LogP contribution in [-0.4, -0.2) is 17.0 Å². The summed E-state index contributed by atoms with van der Waals surface area (Å²) in [5.74, 6) is 0.633. The molecule has 0 spiro atoms. The maximum atomic E-state index is 12.1. The van der Waals surface area contributed by atoms with E-state index in [-0.39, 0.29) is 5.91 Å². The molecule has 4 heteroatoms. The maximum Gasteiger partial charge on any atom is 0.261 e. The molecule has 0 saturated heterocycles. The maximum absolute atomic E-state index is 12.1. The van der Waals surface area contributed by atoms with Crippen LogP contribution in [0.2, 0.25) is 0 Å². The van der Waals surface area contributed by atoms with Crippen molar-refractivity contribution in [2.45, 2.75) is 32.9 Å². The monoisotopic (exact) mass is 284 g/mol. The van der Waals surface area contributed by atoms with Gasteiger partial charge in [-0.1, -0.05) is 31.2 Å². The van der Waals surface area contributed by atoms with E-state index in [1.807, 2.05) is 36.4 Å². The van der Waals surface area contributed by atoms with Crippen molar-refractivity contribution in [2.75, 3.05) is 0 Å². The Hall–Kier alpha value is -2.36. The smallest absolute Gasteiger partial charge is 0.261 e. The average molecular weight is 284 g/mol. The van der Waals surface area contributed by atoms with E-state index in [0.717, 1.165) is 23.3 Å². The molecule has 0 saturated carbocycles. The van der Waals surface area contributed by atoms with Gasteiger partial charge in [0.05, 0.1) is 0 Å². The van der Waals surface area contributed by atoms with Gasteiger partial charge >= 0.3 is 0 Å². The van der Waals surface area contributed by atoms with Gasteiger partial charge in [0.25, 0.3) is 5.91 Å². The van der Waals surface area contributed by atoms with Crippen molar-refractivity contribution in [1.29, 1.82) is 0 Å². The Morgan fingerprint density at radius 3 is 2.81 bits per heavy atom. The Kier molecular flexibility index (Phi) is 5.32. The van der Waals surface area contributed by atoms with Crippen LogP contribution in [0.4, 0.5) is 0 Å². The van der Waals surface area contributed by atoms with Gasteiger partial charge in [0.2, 0.25) is 0 Å². The van der Waals surface area contributed by atoms with Crippen LogP contribution in [0, 0.1) is 0 Å². The Morgan fingerprint density at radius 2 is 2.10 bits per heavy atom. The minimum absolute atomic E-state index is 0.134. The highest BCUT2D eigenvalue weighted by molar-refractivity contribution is 5.80. The molecule has 21 heavy (non-hydrogen) atoms. The van der Waals surface area contributed by atoms with Crippen LogP contribution in [0.5, 0.6) is 5.75 Å². The van der Waals surface area contributed by atoms with Crippen LogP contribution in [-0.2, 0) is 17.8 Å². The summed E-state index contributed by atoms with van der Waals surface area (Å²) < 4.78 is 5.76. The lowest BCUT2D eigenvalue weighted by atomic mass is 10.1. The molecular weight excluding hydrogens is 264 g/mol. The molecule has 2 aromatic rings. The number of nitrogens with zero attached hydrogens (tertiary/aromatic N) is 1. The number of aryl methyl sites for hydroxylation is 1. The number of benzene rings is 1. The molecule has 1 aromatic carbocycles. The number of rotatable bonds is 6. The van der Waals surface area contributed by atoms with E-state index in [1.165, 1.54) is 0 Å². The molecule has 1 N–H and O–H groups in total. The van der Waals surface area contributed by atoms with Crippen molar-refractivity contribution in [2.24, 2.45) is 0 Å². The summed E-state index contributed by atoms with van der Waals surface area (Å²) in [6, 6.07) is 11.6. The molecule has 0 radical (unpaired) electrons. The van der Waals surface area contributed by atoms with E-state index in [2.05, 4.69) is 17.2 Å². The molecule has 1 amide bonds. The number of ether oxygens (including phenoxy) is 1. The van der Waals surface area contributed by atoms with Gasteiger partial charge in [-0.15, -0.1) is 0 Å². The molecule has 4 nitrogen and oxygen atoms in total. The SMILES string of the molecule is CCc1ccccc1OC(C)C(=O)NCc1cccnc1. The summed E-state index contributed by atoms with van der Waals surface area (Å²) in [4.78, 5) is 16.1. The fourth-order valence-electron chi connectivity index (χ4n) is 1.99. The molecule has 0 aliphatic heterocycles. The summed E-state index contributed by atoms with van der Waals surface area (Å²) in [7, 11) is 0. The van der Waals surface area contributed by atoms with Crippen LogP contribution >= 0.6 is 0 Å². The fraction of sp³-hybridized carbons (Fsp3) is 0.294. The molecule has 0 aliphatic rings. The third-order valence-electron chi connectivity index (χ3n) is 3.22. The zero-order valence-corrected chi connectivity index (χ0v) is 12.4. The second kappa shape index (κ2) is 7.43. The van der Waals surface area contributed by atoms with Gasteiger partial charge in [0, 0.05) is 18.9 Å². The zero-order valence-electron chi connectivity index (χ0n) is 12.4. The van der Waals surface area contributed by atoms with Crippen molar-refractivity contribution in [3.63, 3.8) is 0 Å². The first-order valence-corrected chi connectivity index (χ1v) is 7.12. The van der Waals surface area contributed by atoms with Crippen molar-refractivity contribution in [1.82, 2.24) is 10.3 Å². The number of para-hydroxylation sites is 1. The van der Waals surface area contributed by atoms with Gasteiger partial charge in [-0.05, 0) is 36.6 Å². The number of nitrogens with one attached hydrogen (secondary N) is 1. The van der Waals surface area contributed by atoms with Gasteiger partial charge < -0.3 is 10.1 Å². The van der Waals surface area contributed by atoms with E-state index in [9.17, 15) is 4.79 Å². The normalized spacial score (nSPS) is 11.7. The Morgan fingerprint density at radius 1 is 1.29 bits per heavy atom.